The van der Waals surface area contributed by atoms with Crippen molar-refractivity contribution in [2.24, 2.45) is 11.8 Å². The number of rotatable bonds is 4. The van der Waals surface area contributed by atoms with E-state index in [2.05, 4.69) is 16.5 Å². The summed E-state index contributed by atoms with van der Waals surface area (Å²) in [6.07, 6.45) is 9.33. The van der Waals surface area contributed by atoms with Gasteiger partial charge in [0.25, 0.3) is 0 Å². The van der Waals surface area contributed by atoms with E-state index in [9.17, 15) is 13.2 Å². The Morgan fingerprint density at radius 3 is 2.54 bits per heavy atom. The van der Waals surface area contributed by atoms with Gasteiger partial charge >= 0.3 is 0 Å². The molecule has 1 saturated carbocycles. The van der Waals surface area contributed by atoms with Crippen LogP contribution in [0.2, 0.25) is 0 Å². The molecule has 26 heavy (non-hydrogen) atoms. The lowest BCUT2D eigenvalue weighted by molar-refractivity contribution is -0.133. The number of nitrogens with zero attached hydrogens (tertiary/aromatic N) is 1. The predicted octanol–water partition coefficient (Wildman–Crippen LogP) is 3.04. The van der Waals surface area contributed by atoms with Crippen LogP contribution >= 0.6 is 0 Å². The largest absolute Gasteiger partial charge is 0.336 e. The highest BCUT2D eigenvalue weighted by Crippen LogP contribution is 2.38. The number of nitrogens with one attached hydrogen (secondary N) is 1. The summed E-state index contributed by atoms with van der Waals surface area (Å²) in [4.78, 5) is 15.0. The second-order valence-corrected chi connectivity index (χ2v) is 9.31. The van der Waals surface area contributed by atoms with Crippen molar-refractivity contribution in [2.75, 3.05) is 13.6 Å². The highest BCUT2D eigenvalue weighted by Gasteiger charge is 2.38. The highest BCUT2D eigenvalue weighted by atomic mass is 32.2. The summed E-state index contributed by atoms with van der Waals surface area (Å²) >= 11 is 0. The van der Waals surface area contributed by atoms with Crippen molar-refractivity contribution in [1.82, 2.24) is 9.62 Å². The molecule has 1 aromatic carbocycles. The van der Waals surface area contributed by atoms with Crippen molar-refractivity contribution in [1.29, 1.82) is 0 Å². The number of fused-ring (bicyclic) bond motifs is 1. The first-order chi connectivity index (χ1) is 12.4. The maximum Gasteiger partial charge on any atom is 0.246 e. The van der Waals surface area contributed by atoms with Crippen LogP contribution in [0, 0.1) is 11.8 Å². The molecule has 0 radical (unpaired) electrons. The average molecular weight is 377 g/mol. The number of likely N-dealkylation sites (tertiary alicyclic amines) is 1. The van der Waals surface area contributed by atoms with E-state index in [1.807, 2.05) is 0 Å². The molecule has 6 heteroatoms. The molecule has 1 saturated heterocycles. The molecule has 2 aliphatic rings. The quantitative estimate of drug-likeness (QED) is 0.822. The molecule has 1 N–H and O–H groups in total. The van der Waals surface area contributed by atoms with Gasteiger partial charge in [-0.15, -0.1) is 0 Å². The molecule has 3 rings (SSSR count). The van der Waals surface area contributed by atoms with Gasteiger partial charge in [0.05, 0.1) is 4.90 Å². The minimum Gasteiger partial charge on any atom is -0.336 e. The number of benzene rings is 1. The Labute approximate surface area is 156 Å². The second-order valence-electron chi connectivity index (χ2n) is 7.42. The number of piperidine rings is 1. The highest BCUT2D eigenvalue weighted by molar-refractivity contribution is 7.89. The van der Waals surface area contributed by atoms with E-state index in [0.717, 1.165) is 24.9 Å². The van der Waals surface area contributed by atoms with Crippen LogP contribution in [-0.4, -0.2) is 38.9 Å². The van der Waals surface area contributed by atoms with Gasteiger partial charge < -0.3 is 4.90 Å². The smallest absolute Gasteiger partial charge is 0.246 e. The van der Waals surface area contributed by atoms with Gasteiger partial charge in [-0.3, -0.25) is 4.79 Å². The van der Waals surface area contributed by atoms with E-state index in [-0.39, 0.29) is 10.8 Å². The summed E-state index contributed by atoms with van der Waals surface area (Å²) in [6.45, 7) is 3.16. The van der Waals surface area contributed by atoms with Crippen LogP contribution in [-0.2, 0) is 14.8 Å². The van der Waals surface area contributed by atoms with Crippen LogP contribution in [0.25, 0.3) is 6.08 Å². The molecule has 3 unspecified atom stereocenters. The molecule has 5 nitrogen and oxygen atoms in total. The van der Waals surface area contributed by atoms with E-state index < -0.39 is 10.0 Å². The molecule has 1 heterocycles. The monoisotopic (exact) mass is 376 g/mol. The van der Waals surface area contributed by atoms with Gasteiger partial charge in [0, 0.05) is 18.7 Å². The second kappa shape index (κ2) is 7.92. The molecule has 1 aromatic rings. The zero-order chi connectivity index (χ0) is 18.7. The Morgan fingerprint density at radius 2 is 1.85 bits per heavy atom. The summed E-state index contributed by atoms with van der Waals surface area (Å²) in [7, 11) is -2.04. The Bertz CT molecular complexity index is 771. The van der Waals surface area contributed by atoms with Crippen molar-refractivity contribution >= 4 is 22.0 Å². The standard InChI is InChI=1S/C20H28N2O3S/c1-15-13-14-22(19-6-4-3-5-18(15)19)20(23)12-9-16-7-10-17(11-8-16)26(24,25)21-2/h7-12,15,18-19,21H,3-6,13-14H2,1-2H3/b12-9+. The molecule has 0 spiro atoms. The van der Waals surface area contributed by atoms with E-state index in [1.54, 1.807) is 36.4 Å². The minimum absolute atomic E-state index is 0.0701. The SMILES string of the molecule is CNS(=O)(=O)c1ccc(/C=C/C(=O)N2CCC(C)C3CCCCC32)cc1. The Hall–Kier alpha value is -1.66. The first-order valence-corrected chi connectivity index (χ1v) is 10.9. The van der Waals surface area contributed by atoms with E-state index in [4.69, 9.17) is 0 Å². The fourth-order valence-electron chi connectivity index (χ4n) is 4.33. The summed E-state index contributed by atoms with van der Waals surface area (Å²) in [5.74, 6) is 1.41. The summed E-state index contributed by atoms with van der Waals surface area (Å²) in [5, 5.41) is 0. The van der Waals surface area contributed by atoms with Gasteiger partial charge in [-0.25, -0.2) is 13.1 Å². The molecule has 0 bridgehead atoms. The van der Waals surface area contributed by atoms with Crippen LogP contribution in [0.5, 0.6) is 0 Å². The fourth-order valence-corrected chi connectivity index (χ4v) is 5.06. The predicted molar refractivity (Wildman–Crippen MR) is 103 cm³/mol. The summed E-state index contributed by atoms with van der Waals surface area (Å²) in [5.41, 5.74) is 0.818. The zero-order valence-electron chi connectivity index (χ0n) is 15.5. The lowest BCUT2D eigenvalue weighted by Crippen LogP contribution is -2.51. The van der Waals surface area contributed by atoms with Crippen LogP contribution in [0.15, 0.2) is 35.2 Å². The maximum atomic E-state index is 12.7. The number of hydrogen-bond donors (Lipinski definition) is 1. The first-order valence-electron chi connectivity index (χ1n) is 9.44. The Kier molecular flexibility index (Phi) is 5.82. The fraction of sp³-hybridized carbons (Fsp3) is 0.550. The maximum absolute atomic E-state index is 12.7. The topological polar surface area (TPSA) is 66.5 Å². The molecule has 2 fully saturated rings. The molecular formula is C20H28N2O3S. The number of carbonyl (C=O) groups is 1. The van der Waals surface area contributed by atoms with Gasteiger partial charge in [0.1, 0.15) is 0 Å². The number of carbonyl (C=O) groups excluding carboxylic acids is 1. The third kappa shape index (κ3) is 4.01. The number of amides is 1. The van der Waals surface area contributed by atoms with Gasteiger partial charge in [-0.05, 0) is 61.9 Å². The van der Waals surface area contributed by atoms with E-state index in [0.29, 0.717) is 17.9 Å². The van der Waals surface area contributed by atoms with Crippen molar-refractivity contribution < 1.29 is 13.2 Å². The lowest BCUT2D eigenvalue weighted by atomic mass is 9.72. The Morgan fingerprint density at radius 1 is 1.15 bits per heavy atom. The van der Waals surface area contributed by atoms with Crippen molar-refractivity contribution in [2.45, 2.75) is 50.0 Å². The van der Waals surface area contributed by atoms with E-state index in [1.165, 1.54) is 26.3 Å². The molecular weight excluding hydrogens is 348 g/mol. The normalized spacial score (nSPS) is 26.7. The third-order valence-corrected chi connectivity index (χ3v) is 7.33. The van der Waals surface area contributed by atoms with Crippen molar-refractivity contribution in [3.05, 3.63) is 35.9 Å². The minimum atomic E-state index is -3.43. The van der Waals surface area contributed by atoms with Crippen LogP contribution in [0.3, 0.4) is 0 Å². The van der Waals surface area contributed by atoms with Gasteiger partial charge in [-0.2, -0.15) is 0 Å². The summed E-state index contributed by atoms with van der Waals surface area (Å²) in [6, 6.07) is 6.92. The van der Waals surface area contributed by atoms with E-state index >= 15 is 0 Å². The number of hydrogen-bond acceptors (Lipinski definition) is 3. The van der Waals surface area contributed by atoms with Crippen LogP contribution in [0.1, 0.15) is 44.6 Å². The van der Waals surface area contributed by atoms with Crippen LogP contribution in [0.4, 0.5) is 0 Å². The molecule has 1 aliphatic carbocycles. The number of sulfonamides is 1. The van der Waals surface area contributed by atoms with Gasteiger partial charge in [0.2, 0.25) is 15.9 Å². The average Bonchev–Trinajstić information content (AvgIpc) is 2.67. The van der Waals surface area contributed by atoms with Gasteiger partial charge in [-0.1, -0.05) is 31.9 Å². The first kappa shape index (κ1) is 19.1. The molecule has 3 atom stereocenters. The lowest BCUT2D eigenvalue weighted by Gasteiger charge is -2.47. The molecule has 142 valence electrons. The van der Waals surface area contributed by atoms with Gasteiger partial charge in [0.15, 0.2) is 0 Å². The molecule has 1 amide bonds. The van der Waals surface area contributed by atoms with Crippen molar-refractivity contribution in [3.63, 3.8) is 0 Å². The van der Waals surface area contributed by atoms with Crippen LogP contribution < -0.4 is 4.72 Å². The Balaban J connectivity index is 1.69. The molecule has 1 aliphatic heterocycles. The third-order valence-electron chi connectivity index (χ3n) is 5.90. The molecule has 0 aromatic heterocycles. The summed E-state index contributed by atoms with van der Waals surface area (Å²) < 4.78 is 25.8. The van der Waals surface area contributed by atoms with Crippen molar-refractivity contribution in [3.8, 4) is 0 Å². The zero-order valence-corrected chi connectivity index (χ0v) is 16.3.